The molecule has 0 radical (unpaired) electrons. The van der Waals surface area contributed by atoms with E-state index in [1.165, 1.54) is 12.1 Å². The van der Waals surface area contributed by atoms with Crippen molar-refractivity contribution in [1.82, 2.24) is 14.7 Å². The Morgan fingerprint density at radius 1 is 0.838 bits per heavy atom. The molecule has 0 aromatic heterocycles. The van der Waals surface area contributed by atoms with Crippen LogP contribution in [-0.4, -0.2) is 78.0 Å². The SMILES string of the molecule is Cc1ccc(C2CN(C(=O)c3cccc(C(F)(F)F)c3)CCC2N2CCN(C(=O)C(F)(F)F)CC2)cc1. The van der Waals surface area contributed by atoms with Crippen LogP contribution in [0, 0.1) is 6.92 Å². The number of aryl methyl sites for hydroxylation is 1. The van der Waals surface area contributed by atoms with Crippen molar-refractivity contribution in [3.8, 4) is 0 Å². The molecule has 2 unspecified atom stereocenters. The van der Waals surface area contributed by atoms with Crippen LogP contribution < -0.4 is 0 Å². The molecule has 0 N–H and O–H groups in total. The molecule has 0 aliphatic carbocycles. The Balaban J connectivity index is 1.53. The number of carbonyl (C=O) groups is 2. The third-order valence-electron chi connectivity index (χ3n) is 7.12. The summed E-state index contributed by atoms with van der Waals surface area (Å²) < 4.78 is 78.1. The van der Waals surface area contributed by atoms with E-state index in [1.54, 1.807) is 4.90 Å². The number of rotatable bonds is 3. The van der Waals surface area contributed by atoms with Crippen LogP contribution in [0.4, 0.5) is 26.3 Å². The van der Waals surface area contributed by atoms with E-state index in [0.29, 0.717) is 13.0 Å². The maximum Gasteiger partial charge on any atom is 0.471 e. The standard InChI is InChI=1S/C26H27F6N3O2/c1-17-5-7-18(8-6-17)21-16-35(23(36)19-3-2-4-20(15-19)25(27,28)29)10-9-22(21)33-11-13-34(14-12-33)24(37)26(30,31)32/h2-8,15,21-22H,9-14,16H2,1H3. The number of likely N-dealkylation sites (tertiary alicyclic amines) is 1. The van der Waals surface area contributed by atoms with Crippen molar-refractivity contribution in [2.45, 2.75) is 37.7 Å². The summed E-state index contributed by atoms with van der Waals surface area (Å²) in [6.45, 7) is 2.90. The molecule has 2 aromatic rings. The van der Waals surface area contributed by atoms with Crippen molar-refractivity contribution in [2.24, 2.45) is 0 Å². The van der Waals surface area contributed by atoms with E-state index < -0.39 is 29.7 Å². The third kappa shape index (κ3) is 6.08. The van der Waals surface area contributed by atoms with Crippen LogP contribution in [0.15, 0.2) is 48.5 Å². The molecule has 11 heteroatoms. The summed E-state index contributed by atoms with van der Waals surface area (Å²) in [5.74, 6) is -2.54. The fourth-order valence-electron chi connectivity index (χ4n) is 5.15. The molecule has 37 heavy (non-hydrogen) atoms. The van der Waals surface area contributed by atoms with Gasteiger partial charge >= 0.3 is 18.3 Å². The number of hydrogen-bond donors (Lipinski definition) is 0. The van der Waals surface area contributed by atoms with Crippen molar-refractivity contribution in [3.63, 3.8) is 0 Å². The molecule has 2 aromatic carbocycles. The average molecular weight is 528 g/mol. The monoisotopic (exact) mass is 527 g/mol. The van der Waals surface area contributed by atoms with E-state index in [-0.39, 0.29) is 50.2 Å². The van der Waals surface area contributed by atoms with Crippen molar-refractivity contribution in [1.29, 1.82) is 0 Å². The highest BCUT2D eigenvalue weighted by Crippen LogP contribution is 2.34. The first-order valence-electron chi connectivity index (χ1n) is 12.0. The van der Waals surface area contributed by atoms with E-state index in [2.05, 4.69) is 4.90 Å². The van der Waals surface area contributed by atoms with Crippen LogP contribution >= 0.6 is 0 Å². The number of benzene rings is 2. The molecule has 2 aliphatic rings. The fourth-order valence-corrected chi connectivity index (χ4v) is 5.15. The maximum absolute atomic E-state index is 13.2. The lowest BCUT2D eigenvalue weighted by Crippen LogP contribution is -2.58. The average Bonchev–Trinajstić information content (AvgIpc) is 2.87. The van der Waals surface area contributed by atoms with E-state index in [1.807, 2.05) is 31.2 Å². The van der Waals surface area contributed by atoms with Gasteiger partial charge in [-0.2, -0.15) is 26.3 Å². The Morgan fingerprint density at radius 2 is 1.49 bits per heavy atom. The molecule has 4 rings (SSSR count). The number of piperazine rings is 1. The Bertz CT molecular complexity index is 1120. The van der Waals surface area contributed by atoms with Gasteiger partial charge in [0.05, 0.1) is 5.56 Å². The highest BCUT2D eigenvalue weighted by molar-refractivity contribution is 5.94. The molecule has 5 nitrogen and oxygen atoms in total. The van der Waals surface area contributed by atoms with E-state index in [9.17, 15) is 35.9 Å². The summed E-state index contributed by atoms with van der Waals surface area (Å²) in [6, 6.07) is 12.0. The van der Waals surface area contributed by atoms with Gasteiger partial charge < -0.3 is 9.80 Å². The molecule has 2 saturated heterocycles. The van der Waals surface area contributed by atoms with Gasteiger partial charge in [-0.05, 0) is 37.1 Å². The van der Waals surface area contributed by atoms with Gasteiger partial charge in [-0.3, -0.25) is 14.5 Å². The first kappa shape index (κ1) is 27.0. The number of carbonyl (C=O) groups excluding carboxylic acids is 2. The lowest BCUT2D eigenvalue weighted by atomic mass is 9.84. The molecule has 0 bridgehead atoms. The second-order valence-electron chi connectivity index (χ2n) is 9.53. The van der Waals surface area contributed by atoms with Crippen LogP contribution in [0.5, 0.6) is 0 Å². The molecule has 2 aliphatic heterocycles. The molecular formula is C26H27F6N3O2. The van der Waals surface area contributed by atoms with Crippen LogP contribution in [0.1, 0.15) is 39.4 Å². The molecule has 2 heterocycles. The van der Waals surface area contributed by atoms with Crippen LogP contribution in [0.25, 0.3) is 0 Å². The quantitative estimate of drug-likeness (QED) is 0.543. The lowest BCUT2D eigenvalue weighted by Gasteiger charge is -2.47. The van der Waals surface area contributed by atoms with Crippen molar-refractivity contribution >= 4 is 11.8 Å². The summed E-state index contributed by atoms with van der Waals surface area (Å²) in [4.78, 5) is 29.2. The van der Waals surface area contributed by atoms with Crippen LogP contribution in [0.2, 0.25) is 0 Å². The zero-order valence-electron chi connectivity index (χ0n) is 20.1. The summed E-state index contributed by atoms with van der Waals surface area (Å²) in [5.41, 5.74) is 1.03. The summed E-state index contributed by atoms with van der Waals surface area (Å²) in [6.07, 6.45) is -8.98. The van der Waals surface area contributed by atoms with Crippen molar-refractivity contribution < 1.29 is 35.9 Å². The highest BCUT2D eigenvalue weighted by Gasteiger charge is 2.44. The molecule has 0 saturated carbocycles. The third-order valence-corrected chi connectivity index (χ3v) is 7.12. The largest absolute Gasteiger partial charge is 0.471 e. The van der Waals surface area contributed by atoms with Gasteiger partial charge in [-0.1, -0.05) is 35.9 Å². The van der Waals surface area contributed by atoms with Gasteiger partial charge in [0.25, 0.3) is 5.91 Å². The number of alkyl halides is 6. The number of piperidine rings is 1. The molecular weight excluding hydrogens is 500 g/mol. The smallest absolute Gasteiger partial charge is 0.338 e. The first-order valence-corrected chi connectivity index (χ1v) is 12.0. The number of nitrogens with zero attached hydrogens (tertiary/aromatic N) is 3. The summed E-state index contributed by atoms with van der Waals surface area (Å²) in [7, 11) is 0. The van der Waals surface area contributed by atoms with E-state index in [0.717, 1.165) is 28.2 Å². The molecule has 2 atom stereocenters. The topological polar surface area (TPSA) is 43.9 Å². The fraction of sp³-hybridized carbons (Fsp3) is 0.462. The maximum atomic E-state index is 13.2. The second-order valence-corrected chi connectivity index (χ2v) is 9.53. The van der Waals surface area contributed by atoms with Gasteiger partial charge in [0, 0.05) is 56.8 Å². The van der Waals surface area contributed by atoms with Crippen LogP contribution in [-0.2, 0) is 11.0 Å². The number of amides is 2. The van der Waals surface area contributed by atoms with Crippen molar-refractivity contribution in [3.05, 3.63) is 70.8 Å². The molecule has 0 spiro atoms. The zero-order chi connectivity index (χ0) is 27.0. The molecule has 2 amide bonds. The van der Waals surface area contributed by atoms with Crippen molar-refractivity contribution in [2.75, 3.05) is 39.3 Å². The van der Waals surface area contributed by atoms with Gasteiger partial charge in [0.1, 0.15) is 0 Å². The molecule has 2 fully saturated rings. The highest BCUT2D eigenvalue weighted by atomic mass is 19.4. The predicted octanol–water partition coefficient (Wildman–Crippen LogP) is 4.72. The normalized spacial score (nSPS) is 21.7. The number of hydrogen-bond acceptors (Lipinski definition) is 3. The minimum Gasteiger partial charge on any atom is -0.338 e. The van der Waals surface area contributed by atoms with Crippen LogP contribution in [0.3, 0.4) is 0 Å². The Morgan fingerprint density at radius 3 is 2.08 bits per heavy atom. The van der Waals surface area contributed by atoms with Gasteiger partial charge in [0.2, 0.25) is 0 Å². The summed E-state index contributed by atoms with van der Waals surface area (Å²) in [5, 5.41) is 0. The minimum atomic E-state index is -4.91. The Kier molecular flexibility index (Phi) is 7.55. The van der Waals surface area contributed by atoms with Gasteiger partial charge in [-0.25, -0.2) is 0 Å². The minimum absolute atomic E-state index is 0.0461. The second kappa shape index (κ2) is 10.4. The number of halogens is 6. The van der Waals surface area contributed by atoms with E-state index >= 15 is 0 Å². The zero-order valence-corrected chi connectivity index (χ0v) is 20.1. The van der Waals surface area contributed by atoms with Gasteiger partial charge in [0.15, 0.2) is 0 Å². The summed E-state index contributed by atoms with van der Waals surface area (Å²) >= 11 is 0. The lowest BCUT2D eigenvalue weighted by molar-refractivity contribution is -0.187. The Labute approximate surface area is 210 Å². The van der Waals surface area contributed by atoms with Gasteiger partial charge in [-0.15, -0.1) is 0 Å². The first-order chi connectivity index (χ1) is 17.3. The molecule has 200 valence electrons. The van der Waals surface area contributed by atoms with E-state index in [4.69, 9.17) is 0 Å². The Hall–Kier alpha value is -3.08. The predicted molar refractivity (Wildman–Crippen MR) is 124 cm³/mol.